The molecule has 2 unspecified atom stereocenters. The summed E-state index contributed by atoms with van der Waals surface area (Å²) in [7, 11) is 3.16. The Hall–Kier alpha value is -3.64. The number of hydrogen-bond donors (Lipinski definition) is 4. The molecule has 2 saturated heterocycles. The largest absolute Gasteiger partial charge is 0.497 e. The molecule has 2 fully saturated rings. The number of nitrogens with one attached hydrogen (secondary N) is 3. The summed E-state index contributed by atoms with van der Waals surface area (Å²) in [4.78, 5) is 58.4. The summed E-state index contributed by atoms with van der Waals surface area (Å²) in [6.07, 6.45) is 0.649. The van der Waals surface area contributed by atoms with E-state index in [1.807, 2.05) is 20.8 Å². The number of rotatable bonds is 10. The number of nitrogens with two attached hydrogens (primary N) is 1. The number of carbonyl (C=O) groups is 4. The highest BCUT2D eigenvalue weighted by Crippen LogP contribution is 2.26. The van der Waals surface area contributed by atoms with E-state index in [1.165, 1.54) is 7.11 Å². The number of nitrogens with zero attached hydrogens (tertiary/aromatic N) is 3. The van der Waals surface area contributed by atoms with Crippen LogP contribution in [0.15, 0.2) is 30.5 Å². The maximum atomic E-state index is 13.6. The molecule has 2 aliphatic heterocycles. The maximum absolute atomic E-state index is 13.6. The van der Waals surface area contributed by atoms with Crippen LogP contribution in [0.5, 0.6) is 5.75 Å². The van der Waals surface area contributed by atoms with E-state index >= 15 is 0 Å². The molecule has 0 aliphatic carbocycles. The smallest absolute Gasteiger partial charge is 0.255 e. The molecule has 0 radical (unpaired) electrons. The summed E-state index contributed by atoms with van der Waals surface area (Å²) in [5, 5.41) is 8.83. The molecule has 4 amide bonds. The fourth-order valence-corrected chi connectivity index (χ4v) is 5.49. The van der Waals surface area contributed by atoms with Crippen LogP contribution in [0.2, 0.25) is 0 Å². The van der Waals surface area contributed by atoms with Gasteiger partial charge < -0.3 is 36.2 Å². The van der Waals surface area contributed by atoms with Gasteiger partial charge in [0.05, 0.1) is 25.9 Å². The normalized spacial score (nSPS) is 20.6. The predicted octanol–water partition coefficient (Wildman–Crippen LogP) is 1.13. The molecular formula is C31H49N7O5. The number of benzene rings is 1. The van der Waals surface area contributed by atoms with Gasteiger partial charge in [-0.1, -0.05) is 27.4 Å². The zero-order valence-electron chi connectivity index (χ0n) is 26.8. The van der Waals surface area contributed by atoms with Crippen molar-refractivity contribution in [2.45, 2.75) is 78.2 Å². The molecule has 2 heterocycles. The van der Waals surface area contributed by atoms with Gasteiger partial charge in [0.25, 0.3) is 11.8 Å². The van der Waals surface area contributed by atoms with Crippen molar-refractivity contribution in [2.75, 3.05) is 40.5 Å². The van der Waals surface area contributed by atoms with Crippen molar-refractivity contribution in [1.29, 1.82) is 0 Å². The lowest BCUT2D eigenvalue weighted by atomic mass is 9.85. The van der Waals surface area contributed by atoms with Crippen molar-refractivity contribution in [2.24, 2.45) is 11.1 Å². The number of carbonyl (C=O) groups excluding carboxylic acids is 4. The van der Waals surface area contributed by atoms with E-state index in [9.17, 15) is 19.2 Å². The zero-order valence-corrected chi connectivity index (χ0v) is 26.8. The second-order valence-corrected chi connectivity index (χ2v) is 12.9. The Labute approximate surface area is 255 Å². The average Bonchev–Trinajstić information content (AvgIpc) is 3.62. The molecule has 3 rings (SSSR count). The molecule has 0 bridgehead atoms. The van der Waals surface area contributed by atoms with Gasteiger partial charge >= 0.3 is 0 Å². The minimum absolute atomic E-state index is 0.0218. The van der Waals surface area contributed by atoms with Gasteiger partial charge in [-0.25, -0.2) is 0 Å². The summed E-state index contributed by atoms with van der Waals surface area (Å²) < 4.78 is 5.42. The summed E-state index contributed by atoms with van der Waals surface area (Å²) >= 11 is 0. The second kappa shape index (κ2) is 13.8. The van der Waals surface area contributed by atoms with Crippen LogP contribution >= 0.6 is 0 Å². The van der Waals surface area contributed by atoms with Crippen LogP contribution in [0.4, 0.5) is 0 Å². The summed E-state index contributed by atoms with van der Waals surface area (Å²) in [6.45, 7) is 16.8. The highest BCUT2D eigenvalue weighted by Gasteiger charge is 2.39. The Morgan fingerprint density at radius 3 is 2.21 bits per heavy atom. The second-order valence-electron chi connectivity index (χ2n) is 12.9. The molecule has 4 atom stereocenters. The van der Waals surface area contributed by atoms with Gasteiger partial charge in [-0.05, 0) is 57.9 Å². The number of amides is 4. The SMILES string of the molecule is C=C(N)C1CC(NC(=O)c2cc(OC)cc(C(=O)N3CCN(C(=O)[C@@H](NC(=O)[C@H](C)NC)C(C)(C)C)C3)c2)CN1C(C)C. The number of likely N-dealkylation sites (N-methyl/N-ethyl adjacent to an activating group) is 1. The quantitative estimate of drug-likeness (QED) is 0.313. The Balaban J connectivity index is 1.74. The summed E-state index contributed by atoms with van der Waals surface area (Å²) in [5.41, 5.74) is 6.64. The van der Waals surface area contributed by atoms with E-state index in [-0.39, 0.29) is 54.0 Å². The first-order valence-electron chi connectivity index (χ1n) is 14.8. The van der Waals surface area contributed by atoms with E-state index in [0.29, 0.717) is 43.1 Å². The molecule has 0 saturated carbocycles. The molecule has 238 valence electrons. The topological polar surface area (TPSA) is 149 Å². The van der Waals surface area contributed by atoms with Crippen molar-refractivity contribution >= 4 is 23.6 Å². The van der Waals surface area contributed by atoms with Gasteiger partial charge in [0, 0.05) is 48.5 Å². The fourth-order valence-electron chi connectivity index (χ4n) is 5.49. The van der Waals surface area contributed by atoms with Gasteiger partial charge in [-0.3, -0.25) is 24.1 Å². The first-order chi connectivity index (χ1) is 20.1. The lowest BCUT2D eigenvalue weighted by Crippen LogP contribution is -2.57. The number of ether oxygens (including phenoxy) is 1. The average molecular weight is 600 g/mol. The highest BCUT2D eigenvalue weighted by atomic mass is 16.5. The third-order valence-electron chi connectivity index (χ3n) is 8.22. The van der Waals surface area contributed by atoms with Crippen LogP contribution in [0.3, 0.4) is 0 Å². The molecule has 2 aliphatic rings. The van der Waals surface area contributed by atoms with Gasteiger partial charge in [0.15, 0.2) is 0 Å². The Morgan fingerprint density at radius 2 is 1.67 bits per heavy atom. The van der Waals surface area contributed by atoms with Crippen molar-refractivity contribution in [1.82, 2.24) is 30.7 Å². The number of methoxy groups -OCH3 is 1. The molecule has 1 aromatic carbocycles. The molecule has 0 aromatic heterocycles. The van der Waals surface area contributed by atoms with Crippen molar-refractivity contribution < 1.29 is 23.9 Å². The molecule has 0 spiro atoms. The lowest BCUT2D eigenvalue weighted by Gasteiger charge is -2.34. The van der Waals surface area contributed by atoms with Gasteiger partial charge in [0.1, 0.15) is 11.8 Å². The third-order valence-corrected chi connectivity index (χ3v) is 8.22. The van der Waals surface area contributed by atoms with Crippen molar-refractivity contribution in [3.05, 3.63) is 41.6 Å². The Kier molecular flexibility index (Phi) is 10.8. The first-order valence-corrected chi connectivity index (χ1v) is 14.8. The van der Waals surface area contributed by atoms with Crippen LogP contribution < -0.4 is 26.4 Å². The van der Waals surface area contributed by atoms with Gasteiger partial charge in [0.2, 0.25) is 11.8 Å². The van der Waals surface area contributed by atoms with Crippen molar-refractivity contribution in [3.63, 3.8) is 0 Å². The fraction of sp³-hybridized carbons (Fsp3) is 0.613. The summed E-state index contributed by atoms with van der Waals surface area (Å²) in [6, 6.07) is 3.61. The Bertz CT molecular complexity index is 1230. The number of likely N-dealkylation sites (tertiary alicyclic amines) is 1. The van der Waals surface area contributed by atoms with E-state index < -0.39 is 17.5 Å². The minimum Gasteiger partial charge on any atom is -0.497 e. The Morgan fingerprint density at radius 1 is 1.05 bits per heavy atom. The maximum Gasteiger partial charge on any atom is 0.255 e. The van der Waals surface area contributed by atoms with Gasteiger partial charge in [-0.15, -0.1) is 0 Å². The molecule has 12 nitrogen and oxygen atoms in total. The van der Waals surface area contributed by atoms with Crippen LogP contribution in [-0.4, -0.2) is 109 Å². The predicted molar refractivity (Wildman–Crippen MR) is 165 cm³/mol. The monoisotopic (exact) mass is 599 g/mol. The van der Waals surface area contributed by atoms with Crippen LogP contribution in [0.25, 0.3) is 0 Å². The van der Waals surface area contributed by atoms with E-state index in [2.05, 4.69) is 41.3 Å². The third kappa shape index (κ3) is 8.05. The molecular weight excluding hydrogens is 550 g/mol. The standard InChI is InChI=1S/C31H49N7O5/c1-18(2)38-16-23(15-25(38)19(3)32)34-28(40)21-12-22(14-24(13-21)43-9)29(41)36-10-11-37(17-36)30(42)26(31(5,6)7)35-27(39)20(4)33-8/h12-14,18,20,23,25-26,33H,3,10-11,15-17,32H2,1-2,4-9H3,(H,34,40)(H,35,39)/t20-,23?,25?,26+/m0/s1. The minimum atomic E-state index is -0.767. The zero-order chi connectivity index (χ0) is 32.2. The number of hydrogen-bond acceptors (Lipinski definition) is 8. The molecule has 43 heavy (non-hydrogen) atoms. The van der Waals surface area contributed by atoms with E-state index in [0.717, 1.165) is 0 Å². The van der Waals surface area contributed by atoms with E-state index in [1.54, 1.807) is 42.0 Å². The molecule has 1 aromatic rings. The highest BCUT2D eigenvalue weighted by molar-refractivity contribution is 6.01. The van der Waals surface area contributed by atoms with E-state index in [4.69, 9.17) is 10.5 Å². The van der Waals surface area contributed by atoms with Crippen LogP contribution in [0.1, 0.15) is 68.7 Å². The van der Waals surface area contributed by atoms with Crippen molar-refractivity contribution in [3.8, 4) is 5.75 Å². The molecule has 12 heteroatoms. The summed E-state index contributed by atoms with van der Waals surface area (Å²) in [5.74, 6) is -0.795. The van der Waals surface area contributed by atoms with Crippen LogP contribution in [0, 0.1) is 5.41 Å². The lowest BCUT2D eigenvalue weighted by molar-refractivity contribution is -0.139. The first kappa shape index (κ1) is 33.9. The van der Waals surface area contributed by atoms with Gasteiger partial charge in [-0.2, -0.15) is 0 Å². The van der Waals surface area contributed by atoms with Crippen LogP contribution in [-0.2, 0) is 9.59 Å². The molecule has 5 N–H and O–H groups in total.